The molecule has 2 amide bonds. The van der Waals surface area contributed by atoms with E-state index in [1.807, 2.05) is 18.2 Å². The molecule has 1 atom stereocenters. The minimum Gasteiger partial charge on any atom is -0.323 e. The van der Waals surface area contributed by atoms with E-state index in [1.165, 1.54) is 11.1 Å². The molecule has 7 heteroatoms. The Kier molecular flexibility index (Phi) is 4.37. The summed E-state index contributed by atoms with van der Waals surface area (Å²) in [4.78, 5) is 26.3. The molecule has 1 aliphatic carbocycles. The predicted octanol–water partition coefficient (Wildman–Crippen LogP) is 3.58. The van der Waals surface area contributed by atoms with Crippen molar-refractivity contribution in [1.29, 1.82) is 0 Å². The van der Waals surface area contributed by atoms with Crippen molar-refractivity contribution in [3.63, 3.8) is 0 Å². The summed E-state index contributed by atoms with van der Waals surface area (Å²) in [6, 6.07) is 7.56. The van der Waals surface area contributed by atoms with Crippen LogP contribution in [0.1, 0.15) is 24.0 Å². The fraction of sp³-hybridized carbons (Fsp3) is 0.300. The average Bonchev–Trinajstić information content (AvgIpc) is 3.27. The molecule has 0 radical (unpaired) electrons. The SMILES string of the molecule is O=C(Nc1ccc(F)c(F)c1F)[C@@H]1CC(=O)N(c2ccc3c(c2)CCC3)C1. The maximum atomic E-state index is 13.7. The second kappa shape index (κ2) is 6.72. The highest BCUT2D eigenvalue weighted by Gasteiger charge is 2.36. The van der Waals surface area contributed by atoms with Gasteiger partial charge in [0, 0.05) is 18.7 Å². The molecule has 1 aliphatic heterocycles. The summed E-state index contributed by atoms with van der Waals surface area (Å²) in [6.07, 6.45) is 3.09. The predicted molar refractivity (Wildman–Crippen MR) is 93.9 cm³/mol. The molecule has 140 valence electrons. The van der Waals surface area contributed by atoms with Gasteiger partial charge < -0.3 is 10.2 Å². The first-order chi connectivity index (χ1) is 12.9. The fourth-order valence-corrected chi connectivity index (χ4v) is 3.72. The Hall–Kier alpha value is -2.83. The van der Waals surface area contributed by atoms with Crippen LogP contribution in [0, 0.1) is 23.4 Å². The molecule has 4 nitrogen and oxygen atoms in total. The first kappa shape index (κ1) is 17.6. The molecule has 0 bridgehead atoms. The lowest BCUT2D eigenvalue weighted by Gasteiger charge is -2.18. The number of carbonyl (C=O) groups excluding carboxylic acids is 2. The molecule has 0 spiro atoms. The zero-order valence-electron chi connectivity index (χ0n) is 14.4. The van der Waals surface area contributed by atoms with Crippen LogP contribution >= 0.6 is 0 Å². The number of aryl methyl sites for hydroxylation is 2. The Morgan fingerprint density at radius 3 is 2.63 bits per heavy atom. The minimum atomic E-state index is -1.64. The summed E-state index contributed by atoms with van der Waals surface area (Å²) in [5.41, 5.74) is 2.81. The Morgan fingerprint density at radius 2 is 1.81 bits per heavy atom. The van der Waals surface area contributed by atoms with E-state index in [1.54, 1.807) is 4.90 Å². The first-order valence-electron chi connectivity index (χ1n) is 8.80. The second-order valence-corrected chi connectivity index (χ2v) is 6.92. The average molecular weight is 374 g/mol. The van der Waals surface area contributed by atoms with Gasteiger partial charge in [-0.3, -0.25) is 9.59 Å². The normalized spacial score (nSPS) is 18.7. The fourth-order valence-electron chi connectivity index (χ4n) is 3.72. The molecule has 0 aromatic heterocycles. The summed E-state index contributed by atoms with van der Waals surface area (Å²) in [5, 5.41) is 2.25. The van der Waals surface area contributed by atoms with E-state index < -0.39 is 35.0 Å². The zero-order chi connectivity index (χ0) is 19.1. The highest BCUT2D eigenvalue weighted by atomic mass is 19.2. The molecule has 4 rings (SSSR count). The number of anilines is 2. The van der Waals surface area contributed by atoms with Crippen LogP contribution in [0.4, 0.5) is 24.5 Å². The number of amides is 2. The Labute approximate surface area is 154 Å². The molecule has 1 saturated heterocycles. The van der Waals surface area contributed by atoms with E-state index >= 15 is 0 Å². The van der Waals surface area contributed by atoms with Gasteiger partial charge in [-0.15, -0.1) is 0 Å². The van der Waals surface area contributed by atoms with E-state index in [-0.39, 0.29) is 18.9 Å². The first-order valence-corrected chi connectivity index (χ1v) is 8.80. The van der Waals surface area contributed by atoms with E-state index in [4.69, 9.17) is 0 Å². The van der Waals surface area contributed by atoms with E-state index in [9.17, 15) is 22.8 Å². The van der Waals surface area contributed by atoms with Crippen molar-refractivity contribution in [1.82, 2.24) is 0 Å². The molecule has 27 heavy (non-hydrogen) atoms. The van der Waals surface area contributed by atoms with E-state index in [0.717, 1.165) is 37.1 Å². The van der Waals surface area contributed by atoms with Gasteiger partial charge in [0.2, 0.25) is 11.8 Å². The molecule has 2 aromatic carbocycles. The van der Waals surface area contributed by atoms with Crippen LogP contribution in [0.2, 0.25) is 0 Å². The van der Waals surface area contributed by atoms with Crippen molar-refractivity contribution in [3.8, 4) is 0 Å². The summed E-state index contributed by atoms with van der Waals surface area (Å²) in [6.45, 7) is 0.161. The van der Waals surface area contributed by atoms with Crippen LogP contribution in [0.3, 0.4) is 0 Å². The van der Waals surface area contributed by atoms with Crippen LogP contribution in [-0.2, 0) is 22.4 Å². The lowest BCUT2D eigenvalue weighted by Crippen LogP contribution is -2.28. The van der Waals surface area contributed by atoms with Gasteiger partial charge in [0.15, 0.2) is 17.5 Å². The third-order valence-electron chi connectivity index (χ3n) is 5.18. The summed E-state index contributed by atoms with van der Waals surface area (Å²) < 4.78 is 40.1. The standard InChI is InChI=1S/C20H17F3N2O2/c21-15-6-7-16(19(23)18(15)22)24-20(27)13-9-17(26)25(10-13)14-5-4-11-2-1-3-12(11)8-14/h4-8,13H,1-3,9-10H2,(H,24,27)/t13-/m1/s1. The van der Waals surface area contributed by atoms with Gasteiger partial charge in [0.25, 0.3) is 0 Å². The van der Waals surface area contributed by atoms with Crippen LogP contribution in [0.25, 0.3) is 0 Å². The quantitative estimate of drug-likeness (QED) is 0.835. The number of halogens is 3. The molecule has 2 aromatic rings. The van der Waals surface area contributed by atoms with Gasteiger partial charge in [0.1, 0.15) is 0 Å². The number of nitrogens with zero attached hydrogens (tertiary/aromatic N) is 1. The Bertz CT molecular complexity index is 945. The Balaban J connectivity index is 1.49. The van der Waals surface area contributed by atoms with Gasteiger partial charge in [-0.2, -0.15) is 0 Å². The number of rotatable bonds is 3. The molecular weight excluding hydrogens is 357 g/mol. The minimum absolute atomic E-state index is 0.0196. The molecule has 0 saturated carbocycles. The van der Waals surface area contributed by atoms with Gasteiger partial charge in [0.05, 0.1) is 11.6 Å². The largest absolute Gasteiger partial charge is 0.323 e. The smallest absolute Gasteiger partial charge is 0.229 e. The molecule has 0 unspecified atom stereocenters. The van der Waals surface area contributed by atoms with Crippen molar-refractivity contribution in [2.75, 3.05) is 16.8 Å². The third-order valence-corrected chi connectivity index (χ3v) is 5.18. The number of fused-ring (bicyclic) bond motifs is 1. The second-order valence-electron chi connectivity index (χ2n) is 6.92. The van der Waals surface area contributed by atoms with E-state index in [2.05, 4.69) is 5.32 Å². The number of carbonyl (C=O) groups is 2. The maximum Gasteiger partial charge on any atom is 0.229 e. The van der Waals surface area contributed by atoms with Crippen LogP contribution in [-0.4, -0.2) is 18.4 Å². The highest BCUT2D eigenvalue weighted by molar-refractivity contribution is 6.03. The number of benzene rings is 2. The van der Waals surface area contributed by atoms with Gasteiger partial charge >= 0.3 is 0 Å². The molecule has 1 fully saturated rings. The number of hydrogen-bond acceptors (Lipinski definition) is 2. The van der Waals surface area contributed by atoms with Crippen LogP contribution in [0.15, 0.2) is 30.3 Å². The van der Waals surface area contributed by atoms with Gasteiger partial charge in [-0.05, 0) is 54.7 Å². The summed E-state index contributed by atoms with van der Waals surface area (Å²) in [7, 11) is 0. The number of nitrogens with one attached hydrogen (secondary N) is 1. The monoisotopic (exact) mass is 374 g/mol. The van der Waals surface area contributed by atoms with Crippen LogP contribution in [0.5, 0.6) is 0 Å². The van der Waals surface area contributed by atoms with Crippen molar-refractivity contribution >= 4 is 23.2 Å². The van der Waals surface area contributed by atoms with Crippen molar-refractivity contribution < 1.29 is 22.8 Å². The molecule has 1 heterocycles. The topological polar surface area (TPSA) is 49.4 Å². The summed E-state index contributed by atoms with van der Waals surface area (Å²) in [5.74, 6) is -5.92. The van der Waals surface area contributed by atoms with E-state index in [0.29, 0.717) is 0 Å². The molecular formula is C20H17F3N2O2. The lowest BCUT2D eigenvalue weighted by molar-refractivity contribution is -0.122. The lowest BCUT2D eigenvalue weighted by atomic mass is 10.1. The molecule has 2 aliphatic rings. The highest BCUT2D eigenvalue weighted by Crippen LogP contribution is 2.31. The van der Waals surface area contributed by atoms with Crippen molar-refractivity contribution in [2.24, 2.45) is 5.92 Å². The summed E-state index contributed by atoms with van der Waals surface area (Å²) >= 11 is 0. The molecule has 1 N–H and O–H groups in total. The van der Waals surface area contributed by atoms with Crippen LogP contribution < -0.4 is 10.2 Å². The number of hydrogen-bond donors (Lipinski definition) is 1. The third kappa shape index (κ3) is 3.18. The Morgan fingerprint density at radius 1 is 1.04 bits per heavy atom. The van der Waals surface area contributed by atoms with Gasteiger partial charge in [-0.25, -0.2) is 13.2 Å². The van der Waals surface area contributed by atoms with Crippen molar-refractivity contribution in [2.45, 2.75) is 25.7 Å². The zero-order valence-corrected chi connectivity index (χ0v) is 14.4. The van der Waals surface area contributed by atoms with Gasteiger partial charge in [-0.1, -0.05) is 6.07 Å². The maximum absolute atomic E-state index is 13.7. The van der Waals surface area contributed by atoms with Crippen molar-refractivity contribution in [3.05, 3.63) is 58.9 Å².